The quantitative estimate of drug-likeness (QED) is 0.333. The number of anilines is 1. The number of hydrogen-bond acceptors (Lipinski definition) is 6. The third-order valence-corrected chi connectivity index (χ3v) is 6.58. The Kier molecular flexibility index (Phi) is 8.21. The van der Waals surface area contributed by atoms with E-state index in [1.165, 1.54) is 12.1 Å². The second kappa shape index (κ2) is 10.4. The van der Waals surface area contributed by atoms with Crippen molar-refractivity contribution < 1.29 is 33.4 Å². The van der Waals surface area contributed by atoms with Crippen LogP contribution >= 0.6 is 7.60 Å². The van der Waals surface area contributed by atoms with Gasteiger partial charge in [-0.25, -0.2) is 9.59 Å². The van der Waals surface area contributed by atoms with Gasteiger partial charge in [-0.15, -0.1) is 0 Å². The van der Waals surface area contributed by atoms with Crippen LogP contribution in [-0.4, -0.2) is 27.8 Å². The Morgan fingerprint density at radius 1 is 1.13 bits per heavy atom. The highest BCUT2D eigenvalue weighted by molar-refractivity contribution is 7.53. The van der Waals surface area contributed by atoms with Gasteiger partial charge in [0, 0.05) is 5.69 Å². The fourth-order valence-electron chi connectivity index (χ4n) is 2.92. The second-order valence-electron chi connectivity index (χ2n) is 7.34. The Bertz CT molecular complexity index is 965. The lowest BCUT2D eigenvalue weighted by Gasteiger charge is -2.29. The highest BCUT2D eigenvalue weighted by atomic mass is 31.2. The number of aliphatic carboxylic acids is 1. The number of hydrogen-bond donors (Lipinski definition) is 4. The maximum absolute atomic E-state index is 13.0. The predicted octanol–water partition coefficient (Wildman–Crippen LogP) is 3.81. The smallest absolute Gasteiger partial charge is 0.408 e. The van der Waals surface area contributed by atoms with Gasteiger partial charge >= 0.3 is 19.7 Å². The molecule has 9 nitrogen and oxygen atoms in total. The molecule has 3 unspecified atom stereocenters. The molecule has 2 aromatic carbocycles. The van der Waals surface area contributed by atoms with Crippen molar-refractivity contribution >= 4 is 25.3 Å². The fourth-order valence-corrected chi connectivity index (χ4v) is 4.58. The van der Waals surface area contributed by atoms with Gasteiger partial charge in [0.25, 0.3) is 0 Å². The molecule has 0 saturated heterocycles. The number of nitrogens with two attached hydrogens (primary N) is 1. The van der Waals surface area contributed by atoms with Gasteiger partial charge in [-0.3, -0.25) is 9.09 Å². The van der Waals surface area contributed by atoms with Crippen LogP contribution in [0.1, 0.15) is 36.6 Å². The highest BCUT2D eigenvalue weighted by Gasteiger charge is 2.41. The van der Waals surface area contributed by atoms with Crippen LogP contribution < -0.4 is 11.1 Å². The van der Waals surface area contributed by atoms with E-state index < -0.39 is 37.5 Å². The lowest BCUT2D eigenvalue weighted by atomic mass is 10.0. The van der Waals surface area contributed by atoms with E-state index in [4.69, 9.17) is 15.0 Å². The minimum absolute atomic E-state index is 0.0334. The molecule has 0 saturated carbocycles. The Balaban J connectivity index is 2.17. The van der Waals surface area contributed by atoms with Crippen LogP contribution in [0, 0.1) is 12.8 Å². The SMILES string of the molecule is Cc1c(N)cccc1C(OP(=O)(O)C(NC(=O)OCc1ccccc1)C(C)C)C(=O)O. The van der Waals surface area contributed by atoms with Gasteiger partial charge in [0.1, 0.15) is 12.4 Å². The summed E-state index contributed by atoms with van der Waals surface area (Å²) >= 11 is 0. The summed E-state index contributed by atoms with van der Waals surface area (Å²) in [6, 6.07) is 13.5. The van der Waals surface area contributed by atoms with E-state index in [9.17, 15) is 24.2 Å². The molecule has 0 heterocycles. The number of carbonyl (C=O) groups excluding carboxylic acids is 1. The van der Waals surface area contributed by atoms with Crippen molar-refractivity contribution in [3.05, 3.63) is 65.2 Å². The number of nitrogen functional groups attached to an aromatic ring is 1. The minimum atomic E-state index is -4.65. The first kappa shape index (κ1) is 24.4. The van der Waals surface area contributed by atoms with E-state index in [0.717, 1.165) is 5.56 Å². The van der Waals surface area contributed by atoms with Crippen LogP contribution in [0.4, 0.5) is 10.5 Å². The molecule has 0 bridgehead atoms. The molecule has 0 aromatic heterocycles. The first-order valence-corrected chi connectivity index (χ1v) is 11.2. The van der Waals surface area contributed by atoms with Crippen molar-refractivity contribution in [2.75, 3.05) is 5.73 Å². The molecule has 1 amide bonds. The zero-order valence-corrected chi connectivity index (χ0v) is 18.4. The number of carboxylic acids is 1. The minimum Gasteiger partial charge on any atom is -0.479 e. The number of amides is 1. The van der Waals surface area contributed by atoms with E-state index in [0.29, 0.717) is 11.3 Å². The number of alkyl carbamates (subject to hydrolysis) is 1. The summed E-state index contributed by atoms with van der Waals surface area (Å²) in [5.41, 5.74) is 7.46. The van der Waals surface area contributed by atoms with Crippen LogP contribution in [0.5, 0.6) is 0 Å². The van der Waals surface area contributed by atoms with Gasteiger partial charge in [-0.05, 0) is 35.6 Å². The molecule has 0 spiro atoms. The summed E-state index contributed by atoms with van der Waals surface area (Å²) in [7, 11) is -4.65. The van der Waals surface area contributed by atoms with Gasteiger partial charge in [-0.2, -0.15) is 0 Å². The van der Waals surface area contributed by atoms with E-state index in [1.54, 1.807) is 51.1 Å². The molecular formula is C21H27N2O7P. The molecule has 31 heavy (non-hydrogen) atoms. The number of benzene rings is 2. The number of nitrogens with one attached hydrogen (secondary N) is 1. The molecule has 5 N–H and O–H groups in total. The number of ether oxygens (including phenoxy) is 1. The predicted molar refractivity (Wildman–Crippen MR) is 115 cm³/mol. The summed E-state index contributed by atoms with van der Waals surface area (Å²) in [4.78, 5) is 34.6. The zero-order chi connectivity index (χ0) is 23.2. The largest absolute Gasteiger partial charge is 0.479 e. The molecule has 0 aliphatic heterocycles. The standard InChI is InChI=1S/C21H27N2O7P/c1-13(2)19(23-21(26)29-12-15-8-5-4-6-9-15)31(27,28)30-18(20(24)25)16-10-7-11-17(22)14(16)3/h4-11,13,18-19H,12,22H2,1-3H3,(H,23,26)(H,24,25)(H,27,28). The van der Waals surface area contributed by atoms with Crippen molar-refractivity contribution in [2.24, 2.45) is 5.92 Å². The number of carbonyl (C=O) groups is 2. The number of rotatable bonds is 9. The Labute approximate surface area is 180 Å². The van der Waals surface area contributed by atoms with E-state index in [1.807, 2.05) is 6.07 Å². The summed E-state index contributed by atoms with van der Waals surface area (Å²) in [5.74, 6) is -3.41. The Morgan fingerprint density at radius 2 is 1.77 bits per heavy atom. The monoisotopic (exact) mass is 450 g/mol. The van der Waals surface area contributed by atoms with Gasteiger partial charge < -0.3 is 25.8 Å². The van der Waals surface area contributed by atoms with Gasteiger partial charge in [-0.1, -0.05) is 56.3 Å². The van der Waals surface area contributed by atoms with Crippen LogP contribution in [0.25, 0.3) is 0 Å². The topological polar surface area (TPSA) is 148 Å². The van der Waals surface area contributed by atoms with Gasteiger partial charge in [0.2, 0.25) is 0 Å². The lowest BCUT2D eigenvalue weighted by molar-refractivity contribution is -0.145. The van der Waals surface area contributed by atoms with Gasteiger partial charge in [0.15, 0.2) is 6.10 Å². The average Bonchev–Trinajstić information content (AvgIpc) is 2.71. The van der Waals surface area contributed by atoms with Crippen LogP contribution in [0.2, 0.25) is 0 Å². The van der Waals surface area contributed by atoms with E-state index in [-0.39, 0.29) is 12.2 Å². The molecule has 2 aromatic rings. The molecule has 2 rings (SSSR count). The van der Waals surface area contributed by atoms with Gasteiger partial charge in [0.05, 0.1) is 0 Å². The third kappa shape index (κ3) is 6.55. The first-order chi connectivity index (χ1) is 14.5. The highest BCUT2D eigenvalue weighted by Crippen LogP contribution is 2.53. The average molecular weight is 450 g/mol. The fraction of sp³-hybridized carbons (Fsp3) is 0.333. The molecule has 168 valence electrons. The lowest BCUT2D eigenvalue weighted by Crippen LogP contribution is -2.39. The van der Waals surface area contributed by atoms with Crippen molar-refractivity contribution in [2.45, 2.75) is 39.3 Å². The maximum atomic E-state index is 13.0. The maximum Gasteiger partial charge on any atom is 0.408 e. The summed E-state index contributed by atoms with van der Waals surface area (Å²) in [5, 5.41) is 11.9. The summed E-state index contributed by atoms with van der Waals surface area (Å²) < 4.78 is 23.3. The number of carboxylic acid groups (broad SMARTS) is 1. The van der Waals surface area contributed by atoms with Crippen LogP contribution in [-0.2, 0) is 25.2 Å². The summed E-state index contributed by atoms with van der Waals surface area (Å²) in [6.45, 7) is 4.74. The molecule has 0 fully saturated rings. The van der Waals surface area contributed by atoms with Crippen LogP contribution in [0.3, 0.4) is 0 Å². The molecule has 0 radical (unpaired) electrons. The van der Waals surface area contributed by atoms with Crippen molar-refractivity contribution in [1.29, 1.82) is 0 Å². The van der Waals surface area contributed by atoms with E-state index >= 15 is 0 Å². The molecular weight excluding hydrogens is 423 g/mol. The normalized spacial score (nSPS) is 15.0. The molecule has 10 heteroatoms. The second-order valence-corrected chi connectivity index (χ2v) is 9.24. The zero-order valence-electron chi connectivity index (χ0n) is 17.5. The Morgan fingerprint density at radius 3 is 2.35 bits per heavy atom. The molecule has 0 aliphatic rings. The van der Waals surface area contributed by atoms with E-state index in [2.05, 4.69) is 5.32 Å². The molecule has 0 aliphatic carbocycles. The first-order valence-electron chi connectivity index (χ1n) is 9.58. The van der Waals surface area contributed by atoms with Crippen LogP contribution in [0.15, 0.2) is 48.5 Å². The summed E-state index contributed by atoms with van der Waals surface area (Å²) in [6.07, 6.45) is -2.67. The molecule has 3 atom stereocenters. The van der Waals surface area contributed by atoms with Crippen molar-refractivity contribution in [1.82, 2.24) is 5.32 Å². The third-order valence-electron chi connectivity index (χ3n) is 4.64. The van der Waals surface area contributed by atoms with Crippen molar-refractivity contribution in [3.8, 4) is 0 Å². The van der Waals surface area contributed by atoms with Crippen molar-refractivity contribution in [3.63, 3.8) is 0 Å². The Hall–Kier alpha value is -2.87.